The molecule has 0 aromatic carbocycles. The highest BCUT2D eigenvalue weighted by molar-refractivity contribution is 6.40. The lowest BCUT2D eigenvalue weighted by molar-refractivity contribution is 0.215. The molecular weight excluding hydrogens is 158 g/mol. The van der Waals surface area contributed by atoms with Crippen LogP contribution in [0.5, 0.6) is 0 Å². The first kappa shape index (κ1) is 13.7. The van der Waals surface area contributed by atoms with Gasteiger partial charge in [0.1, 0.15) is 0 Å². The van der Waals surface area contributed by atoms with E-state index in [0.717, 1.165) is 0 Å². The molecule has 0 aromatic heterocycles. The van der Waals surface area contributed by atoms with Gasteiger partial charge in [0.15, 0.2) is 0 Å². The van der Waals surface area contributed by atoms with Crippen LogP contribution in [0.1, 0.15) is 34.1 Å². The largest absolute Gasteiger partial charge is 0.405 e. The van der Waals surface area contributed by atoms with Crippen molar-refractivity contribution in [2.45, 2.75) is 34.1 Å². The van der Waals surface area contributed by atoms with Crippen LogP contribution in [0, 0.1) is 0 Å². The SMILES string of the molecule is CCC.CCO[SiH](N)OCC. The maximum Gasteiger partial charge on any atom is 0.405 e. The molecule has 0 amide bonds. The van der Waals surface area contributed by atoms with Crippen LogP contribution in [0.25, 0.3) is 0 Å². The van der Waals surface area contributed by atoms with Crippen LogP contribution < -0.4 is 5.40 Å². The van der Waals surface area contributed by atoms with Crippen molar-refractivity contribution in [2.75, 3.05) is 13.2 Å². The van der Waals surface area contributed by atoms with E-state index in [-0.39, 0.29) is 0 Å². The number of nitrogens with two attached hydrogens (primary N) is 1. The summed E-state index contributed by atoms with van der Waals surface area (Å²) in [6.07, 6.45) is 1.25. The van der Waals surface area contributed by atoms with Gasteiger partial charge in [-0.05, 0) is 13.8 Å². The van der Waals surface area contributed by atoms with Gasteiger partial charge in [0.2, 0.25) is 0 Å². The molecule has 0 heterocycles. The van der Waals surface area contributed by atoms with Crippen LogP contribution in [-0.2, 0) is 8.85 Å². The van der Waals surface area contributed by atoms with E-state index in [1.165, 1.54) is 6.42 Å². The summed E-state index contributed by atoms with van der Waals surface area (Å²) in [4.78, 5) is 0. The molecular formula is C7H21NO2Si. The molecule has 0 aromatic rings. The molecule has 3 nitrogen and oxygen atoms in total. The Balaban J connectivity index is 0. The molecule has 0 aliphatic heterocycles. The molecule has 11 heavy (non-hydrogen) atoms. The Labute approximate surface area is 71.8 Å². The predicted octanol–water partition coefficient (Wildman–Crippen LogP) is 1.15. The highest BCUT2D eigenvalue weighted by atomic mass is 28.3. The van der Waals surface area contributed by atoms with Crippen molar-refractivity contribution in [3.8, 4) is 0 Å². The monoisotopic (exact) mass is 179 g/mol. The lowest BCUT2D eigenvalue weighted by Crippen LogP contribution is -2.33. The first-order valence-corrected chi connectivity index (χ1v) is 5.82. The summed E-state index contributed by atoms with van der Waals surface area (Å²) in [7, 11) is -1.70. The smallest absolute Gasteiger partial charge is 0.385 e. The van der Waals surface area contributed by atoms with Crippen molar-refractivity contribution in [3.63, 3.8) is 0 Å². The third-order valence-corrected chi connectivity index (χ3v) is 1.99. The van der Waals surface area contributed by atoms with Crippen LogP contribution in [-0.4, -0.2) is 22.7 Å². The van der Waals surface area contributed by atoms with E-state index in [1.54, 1.807) is 0 Å². The van der Waals surface area contributed by atoms with Crippen LogP contribution in [0.2, 0.25) is 0 Å². The normalized spacial score (nSPS) is 9.27. The fourth-order valence-corrected chi connectivity index (χ4v) is 1.13. The quantitative estimate of drug-likeness (QED) is 0.658. The van der Waals surface area contributed by atoms with Gasteiger partial charge in [-0.1, -0.05) is 20.3 Å². The predicted molar refractivity (Wildman–Crippen MR) is 50.6 cm³/mol. The van der Waals surface area contributed by atoms with E-state index in [2.05, 4.69) is 13.8 Å². The second-order valence-electron chi connectivity index (χ2n) is 1.99. The Bertz CT molecular complexity index is 58.4. The average Bonchev–Trinajstić information content (AvgIpc) is 1.90. The summed E-state index contributed by atoms with van der Waals surface area (Å²) < 4.78 is 9.95. The molecule has 4 heteroatoms. The Morgan fingerprint density at radius 2 is 1.27 bits per heavy atom. The summed E-state index contributed by atoms with van der Waals surface area (Å²) in [6, 6.07) is 0. The van der Waals surface area contributed by atoms with Gasteiger partial charge >= 0.3 is 9.45 Å². The van der Waals surface area contributed by atoms with Crippen molar-refractivity contribution in [3.05, 3.63) is 0 Å². The van der Waals surface area contributed by atoms with E-state index in [1.807, 2.05) is 13.8 Å². The molecule has 0 unspecified atom stereocenters. The van der Waals surface area contributed by atoms with Crippen LogP contribution in [0.15, 0.2) is 0 Å². The van der Waals surface area contributed by atoms with E-state index in [4.69, 9.17) is 14.3 Å². The van der Waals surface area contributed by atoms with E-state index >= 15 is 0 Å². The number of hydrogen-bond acceptors (Lipinski definition) is 3. The van der Waals surface area contributed by atoms with Gasteiger partial charge in [0.05, 0.1) is 0 Å². The zero-order chi connectivity index (χ0) is 9.11. The summed E-state index contributed by atoms with van der Waals surface area (Å²) in [5, 5.41) is 5.39. The molecule has 0 rings (SSSR count). The minimum absolute atomic E-state index is 0.660. The Kier molecular flexibility index (Phi) is 15.8. The average molecular weight is 179 g/mol. The van der Waals surface area contributed by atoms with Crippen LogP contribution >= 0.6 is 0 Å². The first-order valence-electron chi connectivity index (χ1n) is 4.21. The van der Waals surface area contributed by atoms with Crippen molar-refractivity contribution in [1.29, 1.82) is 0 Å². The lowest BCUT2D eigenvalue weighted by atomic mass is 10.6. The van der Waals surface area contributed by atoms with Crippen LogP contribution in [0.3, 0.4) is 0 Å². The first-order chi connectivity index (χ1) is 5.22. The molecule has 0 bridgehead atoms. The third-order valence-electron chi connectivity index (χ3n) is 0.662. The minimum Gasteiger partial charge on any atom is -0.385 e. The van der Waals surface area contributed by atoms with Crippen molar-refractivity contribution >= 4 is 9.45 Å². The highest BCUT2D eigenvalue weighted by Gasteiger charge is 2.01. The fourth-order valence-electron chi connectivity index (χ4n) is 0.377. The second-order valence-corrected chi connectivity index (χ2v) is 3.39. The minimum atomic E-state index is -1.70. The maximum absolute atomic E-state index is 5.39. The zero-order valence-corrected chi connectivity index (χ0v) is 9.25. The molecule has 2 N–H and O–H groups in total. The molecule has 0 spiro atoms. The molecule has 0 fully saturated rings. The van der Waals surface area contributed by atoms with Gasteiger partial charge in [-0.2, -0.15) is 0 Å². The zero-order valence-electron chi connectivity index (χ0n) is 8.09. The van der Waals surface area contributed by atoms with Crippen LogP contribution in [0.4, 0.5) is 0 Å². The van der Waals surface area contributed by atoms with Gasteiger partial charge in [-0.3, -0.25) is 0 Å². The topological polar surface area (TPSA) is 44.5 Å². The molecule has 0 radical (unpaired) electrons. The van der Waals surface area contributed by atoms with Crippen molar-refractivity contribution < 1.29 is 8.85 Å². The van der Waals surface area contributed by atoms with Gasteiger partial charge in [-0.25, -0.2) is 0 Å². The molecule has 0 saturated carbocycles. The van der Waals surface area contributed by atoms with Gasteiger partial charge in [0, 0.05) is 13.2 Å². The molecule has 0 atom stereocenters. The molecule has 0 aliphatic rings. The maximum atomic E-state index is 5.39. The lowest BCUT2D eigenvalue weighted by Gasteiger charge is -2.06. The number of hydrogen-bond donors (Lipinski definition) is 1. The molecule has 70 valence electrons. The molecule has 0 aliphatic carbocycles. The van der Waals surface area contributed by atoms with Gasteiger partial charge in [-0.15, -0.1) is 0 Å². The summed E-state index contributed by atoms with van der Waals surface area (Å²) in [5.74, 6) is 0. The standard InChI is InChI=1S/C4H13NO2Si.C3H8/c1-3-6-8(5)7-4-2;1-3-2/h8H,3-5H2,1-2H3;3H2,1-2H3. The molecule has 0 saturated heterocycles. The Morgan fingerprint density at radius 1 is 1.00 bits per heavy atom. The van der Waals surface area contributed by atoms with Crippen molar-refractivity contribution in [1.82, 2.24) is 0 Å². The highest BCUT2D eigenvalue weighted by Crippen LogP contribution is 1.78. The van der Waals surface area contributed by atoms with E-state index in [0.29, 0.717) is 13.2 Å². The Hall–Kier alpha value is 0.0969. The van der Waals surface area contributed by atoms with Gasteiger partial charge < -0.3 is 14.3 Å². The summed E-state index contributed by atoms with van der Waals surface area (Å²) >= 11 is 0. The van der Waals surface area contributed by atoms with E-state index in [9.17, 15) is 0 Å². The fraction of sp³-hybridized carbons (Fsp3) is 1.00. The second kappa shape index (κ2) is 12.7. The number of rotatable bonds is 4. The van der Waals surface area contributed by atoms with Gasteiger partial charge in [0.25, 0.3) is 0 Å². The van der Waals surface area contributed by atoms with E-state index < -0.39 is 9.45 Å². The summed E-state index contributed by atoms with van der Waals surface area (Å²) in [5.41, 5.74) is 0. The summed E-state index contributed by atoms with van der Waals surface area (Å²) in [6.45, 7) is 9.39. The third kappa shape index (κ3) is 17.8. The van der Waals surface area contributed by atoms with Crippen molar-refractivity contribution in [2.24, 2.45) is 5.40 Å². The Morgan fingerprint density at radius 3 is 1.45 bits per heavy atom.